The van der Waals surface area contributed by atoms with E-state index in [-0.39, 0.29) is 5.69 Å². The Bertz CT molecular complexity index is 725. The first-order valence-electron chi connectivity index (χ1n) is 6.03. The standard InChI is InChI=1S/C13H10Br2FN3O3/c1-6(19-3-2-10(18-19)13(21)22)12(20)17-11-8(14)4-7(16)5-9(11)15/h2-6H,1H3,(H,17,20)(H,21,22). The third-order valence-corrected chi connectivity index (χ3v) is 4.11. The van der Waals surface area contributed by atoms with Crippen LogP contribution in [0.25, 0.3) is 0 Å². The average Bonchev–Trinajstić information content (AvgIpc) is 2.91. The molecule has 1 aromatic heterocycles. The zero-order chi connectivity index (χ0) is 16.4. The Morgan fingerprint density at radius 1 is 1.36 bits per heavy atom. The topological polar surface area (TPSA) is 84.2 Å². The quantitative estimate of drug-likeness (QED) is 0.771. The predicted molar refractivity (Wildman–Crippen MR) is 84.3 cm³/mol. The van der Waals surface area contributed by atoms with Crippen molar-refractivity contribution in [3.05, 3.63) is 44.9 Å². The van der Waals surface area contributed by atoms with Crippen LogP contribution in [0.15, 0.2) is 33.3 Å². The molecule has 2 rings (SSSR count). The van der Waals surface area contributed by atoms with Crippen molar-refractivity contribution in [3.63, 3.8) is 0 Å². The number of nitrogens with zero attached hydrogens (tertiary/aromatic N) is 2. The number of carbonyl (C=O) groups excluding carboxylic acids is 1. The fraction of sp³-hybridized carbons (Fsp3) is 0.154. The van der Waals surface area contributed by atoms with Crippen LogP contribution in [-0.2, 0) is 4.79 Å². The van der Waals surface area contributed by atoms with Gasteiger partial charge in [0.15, 0.2) is 5.69 Å². The number of carboxylic acid groups (broad SMARTS) is 1. The molecular weight excluding hydrogens is 425 g/mol. The number of carboxylic acids is 1. The van der Waals surface area contributed by atoms with E-state index >= 15 is 0 Å². The highest BCUT2D eigenvalue weighted by atomic mass is 79.9. The van der Waals surface area contributed by atoms with Gasteiger partial charge < -0.3 is 10.4 Å². The van der Waals surface area contributed by atoms with Crippen LogP contribution in [0.2, 0.25) is 0 Å². The Morgan fingerprint density at radius 3 is 2.45 bits per heavy atom. The van der Waals surface area contributed by atoms with Crippen LogP contribution in [0.5, 0.6) is 0 Å². The summed E-state index contributed by atoms with van der Waals surface area (Å²) in [6.07, 6.45) is 1.41. The van der Waals surface area contributed by atoms with Gasteiger partial charge in [-0.3, -0.25) is 9.48 Å². The normalized spacial score (nSPS) is 12.0. The third kappa shape index (κ3) is 3.53. The van der Waals surface area contributed by atoms with Crippen molar-refractivity contribution < 1.29 is 19.1 Å². The highest BCUT2D eigenvalue weighted by Gasteiger charge is 2.20. The number of nitrogens with one attached hydrogen (secondary N) is 1. The zero-order valence-corrected chi connectivity index (χ0v) is 14.4. The van der Waals surface area contributed by atoms with E-state index in [1.54, 1.807) is 6.92 Å². The van der Waals surface area contributed by atoms with Crippen LogP contribution in [0, 0.1) is 5.82 Å². The molecule has 0 aliphatic carbocycles. The lowest BCUT2D eigenvalue weighted by Gasteiger charge is -2.15. The Kier molecular flexibility index (Phi) is 4.97. The first-order valence-corrected chi connectivity index (χ1v) is 7.62. The molecule has 0 radical (unpaired) electrons. The summed E-state index contributed by atoms with van der Waals surface area (Å²) < 4.78 is 15.2. The lowest BCUT2D eigenvalue weighted by atomic mass is 10.2. The molecule has 1 aromatic carbocycles. The molecule has 0 saturated carbocycles. The third-order valence-electron chi connectivity index (χ3n) is 2.86. The molecule has 2 N–H and O–H groups in total. The van der Waals surface area contributed by atoms with E-state index in [0.29, 0.717) is 14.6 Å². The van der Waals surface area contributed by atoms with E-state index in [9.17, 15) is 14.0 Å². The fourth-order valence-corrected chi connectivity index (χ4v) is 3.01. The van der Waals surface area contributed by atoms with Gasteiger partial charge in [-0.2, -0.15) is 5.10 Å². The Balaban J connectivity index is 2.19. The molecule has 0 spiro atoms. The van der Waals surface area contributed by atoms with E-state index in [1.807, 2.05) is 0 Å². The van der Waals surface area contributed by atoms with Crippen LogP contribution in [0.1, 0.15) is 23.5 Å². The van der Waals surface area contributed by atoms with E-state index in [4.69, 9.17) is 5.11 Å². The summed E-state index contributed by atoms with van der Waals surface area (Å²) in [4.78, 5) is 23.0. The number of anilines is 1. The van der Waals surface area contributed by atoms with Crippen LogP contribution in [0.3, 0.4) is 0 Å². The lowest BCUT2D eigenvalue weighted by Crippen LogP contribution is -2.24. The van der Waals surface area contributed by atoms with Gasteiger partial charge in [-0.25, -0.2) is 9.18 Å². The predicted octanol–water partition coefficient (Wildman–Crippen LogP) is 3.45. The minimum Gasteiger partial charge on any atom is -0.476 e. The Morgan fingerprint density at radius 2 is 1.95 bits per heavy atom. The molecule has 1 heterocycles. The molecule has 1 amide bonds. The summed E-state index contributed by atoms with van der Waals surface area (Å²) >= 11 is 6.34. The van der Waals surface area contributed by atoms with Gasteiger partial charge in [0.05, 0.1) is 5.69 Å². The highest BCUT2D eigenvalue weighted by Crippen LogP contribution is 2.32. The van der Waals surface area contributed by atoms with Crippen molar-refractivity contribution in [2.75, 3.05) is 5.32 Å². The number of hydrogen-bond acceptors (Lipinski definition) is 3. The summed E-state index contributed by atoms with van der Waals surface area (Å²) in [6, 6.07) is 3.01. The largest absolute Gasteiger partial charge is 0.476 e. The number of rotatable bonds is 4. The molecule has 1 atom stereocenters. The number of carbonyl (C=O) groups is 2. The van der Waals surface area contributed by atoms with Crippen molar-refractivity contribution in [2.24, 2.45) is 0 Å². The number of aromatic carboxylic acids is 1. The van der Waals surface area contributed by atoms with Gasteiger partial charge in [-0.05, 0) is 57.0 Å². The molecule has 0 aliphatic heterocycles. The maximum Gasteiger partial charge on any atom is 0.356 e. The molecule has 2 aromatic rings. The van der Waals surface area contributed by atoms with Crippen molar-refractivity contribution in [2.45, 2.75) is 13.0 Å². The molecule has 0 aliphatic rings. The summed E-state index contributed by atoms with van der Waals surface area (Å²) in [5, 5.41) is 15.3. The molecule has 116 valence electrons. The van der Waals surface area contributed by atoms with Gasteiger partial charge in [0.2, 0.25) is 5.91 Å². The number of benzene rings is 1. The molecule has 6 nitrogen and oxygen atoms in total. The second-order valence-corrected chi connectivity index (χ2v) is 6.10. The molecule has 22 heavy (non-hydrogen) atoms. The fourth-order valence-electron chi connectivity index (χ4n) is 1.68. The Hall–Kier alpha value is -1.74. The summed E-state index contributed by atoms with van der Waals surface area (Å²) in [5.41, 5.74) is 0.229. The van der Waals surface area contributed by atoms with Crippen molar-refractivity contribution in [1.82, 2.24) is 9.78 Å². The van der Waals surface area contributed by atoms with Crippen LogP contribution in [0.4, 0.5) is 10.1 Å². The second-order valence-electron chi connectivity index (χ2n) is 4.40. The molecule has 9 heteroatoms. The van der Waals surface area contributed by atoms with Crippen molar-refractivity contribution in [3.8, 4) is 0 Å². The first kappa shape index (κ1) is 16.6. The lowest BCUT2D eigenvalue weighted by molar-refractivity contribution is -0.119. The average molecular weight is 435 g/mol. The molecule has 1 unspecified atom stereocenters. The number of halogens is 3. The van der Waals surface area contributed by atoms with Gasteiger partial charge in [-0.1, -0.05) is 0 Å². The van der Waals surface area contributed by atoms with Crippen LogP contribution >= 0.6 is 31.9 Å². The minimum absolute atomic E-state index is 0.149. The highest BCUT2D eigenvalue weighted by molar-refractivity contribution is 9.11. The maximum absolute atomic E-state index is 13.2. The van der Waals surface area contributed by atoms with Crippen molar-refractivity contribution >= 4 is 49.4 Å². The molecule has 0 bridgehead atoms. The second kappa shape index (κ2) is 6.57. The number of amides is 1. The van der Waals surface area contributed by atoms with Gasteiger partial charge in [-0.15, -0.1) is 0 Å². The minimum atomic E-state index is -1.17. The van der Waals surface area contributed by atoms with Crippen LogP contribution in [-0.4, -0.2) is 26.8 Å². The van der Waals surface area contributed by atoms with Gasteiger partial charge in [0.25, 0.3) is 0 Å². The van der Waals surface area contributed by atoms with Gasteiger partial charge >= 0.3 is 5.97 Å². The van der Waals surface area contributed by atoms with E-state index in [1.165, 1.54) is 29.1 Å². The van der Waals surface area contributed by atoms with E-state index < -0.39 is 23.7 Å². The maximum atomic E-state index is 13.2. The SMILES string of the molecule is CC(C(=O)Nc1c(Br)cc(F)cc1Br)n1ccc(C(=O)O)n1. The summed E-state index contributed by atoms with van der Waals surface area (Å²) in [7, 11) is 0. The first-order chi connectivity index (χ1) is 10.3. The van der Waals surface area contributed by atoms with Crippen LogP contribution < -0.4 is 5.32 Å². The summed E-state index contributed by atoms with van der Waals surface area (Å²) in [6.45, 7) is 1.57. The molecule has 0 saturated heterocycles. The van der Waals surface area contributed by atoms with E-state index in [2.05, 4.69) is 42.3 Å². The Labute approximate surface area is 141 Å². The van der Waals surface area contributed by atoms with Gasteiger partial charge in [0.1, 0.15) is 11.9 Å². The number of hydrogen-bond donors (Lipinski definition) is 2. The molecule has 0 fully saturated rings. The van der Waals surface area contributed by atoms with Gasteiger partial charge in [0, 0.05) is 15.1 Å². The smallest absolute Gasteiger partial charge is 0.356 e. The zero-order valence-electron chi connectivity index (χ0n) is 11.2. The monoisotopic (exact) mass is 433 g/mol. The molecular formula is C13H10Br2FN3O3. The van der Waals surface area contributed by atoms with Crippen molar-refractivity contribution in [1.29, 1.82) is 0 Å². The summed E-state index contributed by atoms with van der Waals surface area (Å²) in [5.74, 6) is -2.05. The number of aromatic nitrogens is 2. The van der Waals surface area contributed by atoms with E-state index in [0.717, 1.165) is 0 Å².